The molecule has 0 fully saturated rings. The van der Waals surface area contributed by atoms with Crippen LogP contribution in [0.3, 0.4) is 0 Å². The molecule has 1 heterocycles. The van der Waals surface area contributed by atoms with Crippen LogP contribution in [0.25, 0.3) is 0 Å². The topological polar surface area (TPSA) is 33.5 Å². The smallest absolute Gasteiger partial charge is 0.316 e. The lowest BCUT2D eigenvalue weighted by Gasteiger charge is -2.09. The van der Waals surface area contributed by atoms with Crippen molar-refractivity contribution in [2.75, 3.05) is 7.05 Å². The van der Waals surface area contributed by atoms with Gasteiger partial charge in [-0.05, 0) is 23.7 Å². The average Bonchev–Trinajstić information content (AvgIpc) is 2.39. The summed E-state index contributed by atoms with van der Waals surface area (Å²) in [6.45, 7) is 0.412. The van der Waals surface area contributed by atoms with Crippen LogP contribution in [-0.2, 0) is 6.54 Å². The first-order valence-electron chi connectivity index (χ1n) is 3.13. The van der Waals surface area contributed by atoms with E-state index in [4.69, 9.17) is 16.0 Å². The second kappa shape index (κ2) is 3.44. The zero-order valence-electron chi connectivity index (χ0n) is 6.08. The Morgan fingerprint density at radius 2 is 2.55 bits per heavy atom. The Bertz CT molecular complexity index is 233. The van der Waals surface area contributed by atoms with Crippen LogP contribution in [0.15, 0.2) is 22.8 Å². The molecule has 1 amide bonds. The predicted octanol–water partition coefficient (Wildman–Crippen LogP) is 2.07. The molecule has 3 nitrogen and oxygen atoms in total. The highest BCUT2D eigenvalue weighted by Gasteiger charge is 2.05. The lowest BCUT2D eigenvalue weighted by Crippen LogP contribution is -2.19. The summed E-state index contributed by atoms with van der Waals surface area (Å²) in [4.78, 5) is 11.9. The van der Waals surface area contributed by atoms with E-state index in [0.29, 0.717) is 6.54 Å². The van der Waals surface area contributed by atoms with E-state index in [1.807, 2.05) is 0 Å². The number of hydrogen-bond donors (Lipinski definition) is 0. The summed E-state index contributed by atoms with van der Waals surface area (Å²) in [7, 11) is 1.61. The van der Waals surface area contributed by atoms with E-state index < -0.39 is 5.37 Å². The number of rotatable bonds is 2. The van der Waals surface area contributed by atoms with Gasteiger partial charge in [-0.2, -0.15) is 0 Å². The minimum absolute atomic E-state index is 0.412. The van der Waals surface area contributed by atoms with Crippen LogP contribution >= 0.6 is 11.6 Å². The number of amides is 1. The van der Waals surface area contributed by atoms with Gasteiger partial charge < -0.3 is 9.32 Å². The highest BCUT2D eigenvalue weighted by molar-refractivity contribution is 6.62. The fourth-order valence-electron chi connectivity index (χ4n) is 0.698. The summed E-state index contributed by atoms with van der Waals surface area (Å²) in [5, 5.41) is -0.485. The van der Waals surface area contributed by atoms with E-state index in [0.717, 1.165) is 5.76 Å². The zero-order chi connectivity index (χ0) is 8.27. The largest absolute Gasteiger partial charge is 0.467 e. The second-order valence-corrected chi connectivity index (χ2v) is 2.51. The Morgan fingerprint density at radius 1 is 1.82 bits per heavy atom. The maximum atomic E-state index is 10.5. The maximum absolute atomic E-state index is 10.5. The van der Waals surface area contributed by atoms with Crippen LogP contribution in [0.5, 0.6) is 0 Å². The van der Waals surface area contributed by atoms with E-state index in [1.165, 1.54) is 4.90 Å². The molecule has 0 unspecified atom stereocenters. The van der Waals surface area contributed by atoms with Gasteiger partial charge in [0.25, 0.3) is 0 Å². The molecule has 0 saturated carbocycles. The third-order valence-electron chi connectivity index (χ3n) is 1.27. The third kappa shape index (κ3) is 2.27. The first kappa shape index (κ1) is 8.14. The molecule has 0 aromatic carbocycles. The molecule has 0 bridgehead atoms. The molecule has 0 spiro atoms. The normalized spacial score (nSPS) is 9.64. The molecule has 0 saturated heterocycles. The molecular weight excluding hydrogens is 166 g/mol. The van der Waals surface area contributed by atoms with Gasteiger partial charge in [-0.3, -0.25) is 4.79 Å². The van der Waals surface area contributed by atoms with Crippen molar-refractivity contribution in [2.45, 2.75) is 6.54 Å². The highest BCUT2D eigenvalue weighted by atomic mass is 35.5. The Kier molecular flexibility index (Phi) is 2.54. The molecule has 1 aromatic rings. The summed E-state index contributed by atoms with van der Waals surface area (Å²) in [5.41, 5.74) is 0. The molecular formula is C7H8ClNO2. The molecule has 11 heavy (non-hydrogen) atoms. The van der Waals surface area contributed by atoms with Crippen molar-refractivity contribution in [1.82, 2.24) is 4.90 Å². The van der Waals surface area contributed by atoms with Crippen molar-refractivity contribution in [2.24, 2.45) is 0 Å². The molecule has 4 heteroatoms. The van der Waals surface area contributed by atoms with Crippen molar-refractivity contribution < 1.29 is 9.21 Å². The molecule has 0 N–H and O–H groups in total. The molecule has 1 aromatic heterocycles. The molecule has 0 aliphatic rings. The number of carbonyl (C=O) groups is 1. The standard InChI is InChI=1S/C7H8ClNO2/c1-9(7(8)10)5-6-3-2-4-11-6/h2-4H,5H2,1H3. The van der Waals surface area contributed by atoms with Gasteiger partial charge in [0.05, 0.1) is 12.8 Å². The quantitative estimate of drug-likeness (QED) is 0.507. The van der Waals surface area contributed by atoms with Gasteiger partial charge in [-0.25, -0.2) is 0 Å². The minimum Gasteiger partial charge on any atom is -0.467 e. The Labute approximate surface area is 69.5 Å². The van der Waals surface area contributed by atoms with Gasteiger partial charge in [0.2, 0.25) is 0 Å². The number of carbonyl (C=O) groups excluding carboxylic acids is 1. The van der Waals surface area contributed by atoms with Gasteiger partial charge in [0.15, 0.2) is 0 Å². The van der Waals surface area contributed by atoms with Crippen LogP contribution in [0.4, 0.5) is 4.79 Å². The second-order valence-electron chi connectivity index (χ2n) is 2.19. The summed E-state index contributed by atoms with van der Waals surface area (Å²) in [6, 6.07) is 3.55. The number of furan rings is 1. The number of hydrogen-bond acceptors (Lipinski definition) is 2. The van der Waals surface area contributed by atoms with E-state index in [-0.39, 0.29) is 0 Å². The van der Waals surface area contributed by atoms with Gasteiger partial charge in [-0.15, -0.1) is 0 Å². The summed E-state index contributed by atoms with van der Waals surface area (Å²) in [5.74, 6) is 0.724. The van der Waals surface area contributed by atoms with Gasteiger partial charge in [0, 0.05) is 7.05 Å². The van der Waals surface area contributed by atoms with Crippen molar-refractivity contribution in [3.8, 4) is 0 Å². The Hall–Kier alpha value is -0.960. The van der Waals surface area contributed by atoms with Gasteiger partial charge in [0.1, 0.15) is 5.76 Å². The number of nitrogens with zero attached hydrogens (tertiary/aromatic N) is 1. The average molecular weight is 174 g/mol. The molecule has 60 valence electrons. The van der Waals surface area contributed by atoms with Crippen LogP contribution < -0.4 is 0 Å². The summed E-state index contributed by atoms with van der Waals surface area (Å²) >= 11 is 5.19. The first-order chi connectivity index (χ1) is 5.20. The molecule has 0 aliphatic carbocycles. The van der Waals surface area contributed by atoms with E-state index >= 15 is 0 Å². The van der Waals surface area contributed by atoms with Crippen molar-refractivity contribution >= 4 is 17.0 Å². The Morgan fingerprint density at radius 3 is 3.00 bits per heavy atom. The molecule has 0 atom stereocenters. The maximum Gasteiger partial charge on any atom is 0.316 e. The third-order valence-corrected chi connectivity index (χ3v) is 1.56. The van der Waals surface area contributed by atoms with Crippen molar-refractivity contribution in [3.63, 3.8) is 0 Å². The van der Waals surface area contributed by atoms with Crippen LogP contribution in [0.1, 0.15) is 5.76 Å². The summed E-state index contributed by atoms with van der Waals surface area (Å²) in [6.07, 6.45) is 1.56. The first-order valence-corrected chi connectivity index (χ1v) is 3.51. The predicted molar refractivity (Wildman–Crippen MR) is 41.4 cm³/mol. The molecule has 0 radical (unpaired) electrons. The molecule has 1 rings (SSSR count). The SMILES string of the molecule is CN(Cc1ccco1)C(=O)Cl. The van der Waals surface area contributed by atoms with Gasteiger partial charge >= 0.3 is 5.37 Å². The van der Waals surface area contributed by atoms with E-state index in [1.54, 1.807) is 25.4 Å². The number of halogens is 1. The monoisotopic (exact) mass is 173 g/mol. The Balaban J connectivity index is 2.50. The van der Waals surface area contributed by atoms with E-state index in [2.05, 4.69) is 0 Å². The zero-order valence-corrected chi connectivity index (χ0v) is 6.84. The molecule has 0 aliphatic heterocycles. The highest BCUT2D eigenvalue weighted by Crippen LogP contribution is 2.04. The van der Waals surface area contributed by atoms with Crippen molar-refractivity contribution in [1.29, 1.82) is 0 Å². The van der Waals surface area contributed by atoms with Crippen LogP contribution in [0, 0.1) is 0 Å². The van der Waals surface area contributed by atoms with Crippen LogP contribution in [-0.4, -0.2) is 17.3 Å². The fraction of sp³-hybridized carbons (Fsp3) is 0.286. The van der Waals surface area contributed by atoms with E-state index in [9.17, 15) is 4.79 Å². The minimum atomic E-state index is -0.485. The van der Waals surface area contributed by atoms with Gasteiger partial charge in [-0.1, -0.05) is 0 Å². The van der Waals surface area contributed by atoms with Crippen molar-refractivity contribution in [3.05, 3.63) is 24.2 Å². The summed E-state index contributed by atoms with van der Waals surface area (Å²) < 4.78 is 5.00. The lowest BCUT2D eigenvalue weighted by molar-refractivity contribution is 0.226. The lowest BCUT2D eigenvalue weighted by atomic mass is 10.4. The van der Waals surface area contributed by atoms with Crippen LogP contribution in [0.2, 0.25) is 0 Å². The fourth-order valence-corrected chi connectivity index (χ4v) is 0.758.